The van der Waals surface area contributed by atoms with Gasteiger partial charge in [0.05, 0.1) is 5.75 Å². The smallest absolute Gasteiger partial charge is 0.213 e. The van der Waals surface area contributed by atoms with Gasteiger partial charge in [-0.05, 0) is 19.9 Å². The fourth-order valence-electron chi connectivity index (χ4n) is 1.28. The van der Waals surface area contributed by atoms with Crippen LogP contribution in [-0.2, 0) is 10.0 Å². The molecule has 80 valence electrons. The van der Waals surface area contributed by atoms with Crippen molar-refractivity contribution in [1.29, 1.82) is 0 Å². The molecular weight excluding hydrogens is 212 g/mol. The summed E-state index contributed by atoms with van der Waals surface area (Å²) in [6.45, 7) is 4.68. The SMILES string of the molecule is CCS(=O)(=O)N1CCCNCC1.Cl. The number of nitrogens with one attached hydrogen (secondary N) is 1. The first kappa shape index (κ1) is 13.2. The maximum absolute atomic E-state index is 11.4. The van der Waals surface area contributed by atoms with Crippen LogP contribution < -0.4 is 5.32 Å². The number of rotatable bonds is 2. The van der Waals surface area contributed by atoms with Crippen LogP contribution in [0.2, 0.25) is 0 Å². The maximum atomic E-state index is 11.4. The van der Waals surface area contributed by atoms with Crippen molar-refractivity contribution in [1.82, 2.24) is 9.62 Å². The average molecular weight is 229 g/mol. The summed E-state index contributed by atoms with van der Waals surface area (Å²) in [6.07, 6.45) is 0.916. The van der Waals surface area contributed by atoms with Crippen molar-refractivity contribution in [3.05, 3.63) is 0 Å². The standard InChI is InChI=1S/C7H16N2O2S.ClH/c1-2-12(10,11)9-6-3-4-8-5-7-9;/h8H,2-7H2,1H3;1H. The van der Waals surface area contributed by atoms with E-state index in [9.17, 15) is 8.42 Å². The predicted molar refractivity (Wildman–Crippen MR) is 55.8 cm³/mol. The van der Waals surface area contributed by atoms with E-state index in [-0.39, 0.29) is 18.2 Å². The van der Waals surface area contributed by atoms with Crippen molar-refractivity contribution in [3.8, 4) is 0 Å². The molecule has 0 spiro atoms. The van der Waals surface area contributed by atoms with Crippen LogP contribution in [0.1, 0.15) is 13.3 Å². The first-order valence-corrected chi connectivity index (χ1v) is 5.96. The van der Waals surface area contributed by atoms with E-state index in [4.69, 9.17) is 0 Å². The molecule has 1 heterocycles. The molecule has 0 bridgehead atoms. The Bertz CT molecular complexity index is 223. The molecule has 0 saturated carbocycles. The largest absolute Gasteiger partial charge is 0.315 e. The summed E-state index contributed by atoms with van der Waals surface area (Å²) in [5, 5.41) is 3.17. The molecule has 0 radical (unpaired) electrons. The van der Waals surface area contributed by atoms with Crippen molar-refractivity contribution in [2.45, 2.75) is 13.3 Å². The lowest BCUT2D eigenvalue weighted by atomic mass is 10.4. The molecule has 1 saturated heterocycles. The summed E-state index contributed by atoms with van der Waals surface area (Å²) in [4.78, 5) is 0. The molecule has 4 nitrogen and oxygen atoms in total. The molecule has 1 N–H and O–H groups in total. The van der Waals surface area contributed by atoms with Gasteiger partial charge < -0.3 is 5.32 Å². The van der Waals surface area contributed by atoms with Crippen LogP contribution in [0, 0.1) is 0 Å². The van der Waals surface area contributed by atoms with Gasteiger partial charge in [0.25, 0.3) is 0 Å². The third kappa shape index (κ3) is 3.81. The first-order chi connectivity index (χ1) is 5.67. The van der Waals surface area contributed by atoms with Gasteiger partial charge >= 0.3 is 0 Å². The molecule has 0 aromatic rings. The molecule has 0 aromatic heterocycles. The minimum atomic E-state index is -2.95. The summed E-state index contributed by atoms with van der Waals surface area (Å²) < 4.78 is 24.4. The normalized spacial score (nSPS) is 20.4. The number of sulfonamides is 1. The van der Waals surface area contributed by atoms with Gasteiger partial charge in [-0.3, -0.25) is 0 Å². The minimum Gasteiger partial charge on any atom is -0.315 e. The van der Waals surface area contributed by atoms with Gasteiger partial charge in [-0.2, -0.15) is 0 Å². The zero-order valence-electron chi connectivity index (χ0n) is 7.82. The third-order valence-electron chi connectivity index (χ3n) is 2.06. The van der Waals surface area contributed by atoms with Gasteiger partial charge in [0.15, 0.2) is 0 Å². The number of hydrogen-bond acceptors (Lipinski definition) is 3. The molecule has 1 rings (SSSR count). The quantitative estimate of drug-likeness (QED) is 0.727. The van der Waals surface area contributed by atoms with E-state index in [0.717, 1.165) is 19.5 Å². The highest BCUT2D eigenvalue weighted by Crippen LogP contribution is 2.03. The van der Waals surface area contributed by atoms with Crippen LogP contribution in [0.25, 0.3) is 0 Å². The Hall–Kier alpha value is 0.160. The van der Waals surface area contributed by atoms with Gasteiger partial charge in [0.2, 0.25) is 10.0 Å². The summed E-state index contributed by atoms with van der Waals surface area (Å²) in [6, 6.07) is 0. The molecule has 13 heavy (non-hydrogen) atoms. The van der Waals surface area contributed by atoms with Crippen molar-refractivity contribution < 1.29 is 8.42 Å². The lowest BCUT2D eigenvalue weighted by Crippen LogP contribution is -2.35. The highest BCUT2D eigenvalue weighted by molar-refractivity contribution is 7.89. The van der Waals surface area contributed by atoms with E-state index in [2.05, 4.69) is 5.32 Å². The fraction of sp³-hybridized carbons (Fsp3) is 1.00. The van der Waals surface area contributed by atoms with Crippen LogP contribution in [0.3, 0.4) is 0 Å². The Labute approximate surface area is 86.1 Å². The van der Waals surface area contributed by atoms with Crippen molar-refractivity contribution >= 4 is 22.4 Å². The maximum Gasteiger partial charge on any atom is 0.213 e. The second-order valence-corrected chi connectivity index (χ2v) is 5.16. The molecule has 1 aliphatic rings. The van der Waals surface area contributed by atoms with Crippen molar-refractivity contribution in [2.24, 2.45) is 0 Å². The van der Waals surface area contributed by atoms with E-state index >= 15 is 0 Å². The first-order valence-electron chi connectivity index (χ1n) is 4.35. The molecule has 1 fully saturated rings. The molecule has 6 heteroatoms. The monoisotopic (exact) mass is 228 g/mol. The van der Waals surface area contributed by atoms with Gasteiger partial charge in [-0.15, -0.1) is 12.4 Å². The van der Waals surface area contributed by atoms with Crippen LogP contribution in [0.5, 0.6) is 0 Å². The molecule has 0 atom stereocenters. The fourth-order valence-corrected chi connectivity index (χ4v) is 2.42. The zero-order chi connectivity index (χ0) is 9.03. The number of halogens is 1. The Balaban J connectivity index is 0.00000144. The van der Waals surface area contributed by atoms with E-state index in [1.807, 2.05) is 0 Å². The van der Waals surface area contributed by atoms with E-state index in [1.54, 1.807) is 11.2 Å². The highest BCUT2D eigenvalue weighted by atomic mass is 35.5. The van der Waals surface area contributed by atoms with Gasteiger partial charge in [0, 0.05) is 19.6 Å². The van der Waals surface area contributed by atoms with E-state index in [0.29, 0.717) is 13.1 Å². The Morgan fingerprint density at radius 3 is 2.62 bits per heavy atom. The number of hydrogen-bond donors (Lipinski definition) is 1. The van der Waals surface area contributed by atoms with E-state index < -0.39 is 10.0 Å². The minimum absolute atomic E-state index is 0. The van der Waals surface area contributed by atoms with Crippen LogP contribution in [-0.4, -0.2) is 44.7 Å². The highest BCUT2D eigenvalue weighted by Gasteiger charge is 2.20. The topological polar surface area (TPSA) is 49.4 Å². The molecule has 0 unspecified atom stereocenters. The van der Waals surface area contributed by atoms with Crippen molar-refractivity contribution in [2.75, 3.05) is 31.9 Å². The Morgan fingerprint density at radius 1 is 1.31 bits per heavy atom. The zero-order valence-corrected chi connectivity index (χ0v) is 9.46. The Morgan fingerprint density at radius 2 is 2.00 bits per heavy atom. The number of nitrogens with zero attached hydrogens (tertiary/aromatic N) is 1. The van der Waals surface area contributed by atoms with Gasteiger partial charge in [-0.25, -0.2) is 12.7 Å². The third-order valence-corrected chi connectivity index (χ3v) is 3.94. The van der Waals surface area contributed by atoms with Crippen LogP contribution in [0.15, 0.2) is 0 Å². The molecule has 0 aromatic carbocycles. The molecule has 0 aliphatic carbocycles. The van der Waals surface area contributed by atoms with Gasteiger partial charge in [-0.1, -0.05) is 0 Å². The van der Waals surface area contributed by atoms with E-state index in [1.165, 1.54) is 0 Å². The molecule has 0 amide bonds. The summed E-state index contributed by atoms with van der Waals surface area (Å²) in [5.74, 6) is 0.215. The lowest BCUT2D eigenvalue weighted by molar-refractivity contribution is 0.433. The summed E-state index contributed by atoms with van der Waals surface area (Å²) >= 11 is 0. The second-order valence-electron chi connectivity index (χ2n) is 2.90. The lowest BCUT2D eigenvalue weighted by Gasteiger charge is -2.17. The van der Waals surface area contributed by atoms with Crippen molar-refractivity contribution in [3.63, 3.8) is 0 Å². The van der Waals surface area contributed by atoms with Crippen LogP contribution >= 0.6 is 12.4 Å². The predicted octanol–water partition coefficient (Wildman–Crippen LogP) is 0.0532. The molecular formula is C7H17ClN2O2S. The second kappa shape index (κ2) is 5.80. The Kier molecular flexibility index (Phi) is 5.87. The van der Waals surface area contributed by atoms with Crippen LogP contribution in [0.4, 0.5) is 0 Å². The average Bonchev–Trinajstić information content (AvgIpc) is 2.32. The summed E-state index contributed by atoms with van der Waals surface area (Å²) in [5.41, 5.74) is 0. The summed E-state index contributed by atoms with van der Waals surface area (Å²) in [7, 11) is -2.95. The van der Waals surface area contributed by atoms with Gasteiger partial charge in [0.1, 0.15) is 0 Å². The molecule has 1 aliphatic heterocycles.